The van der Waals surface area contributed by atoms with Crippen molar-refractivity contribution in [1.29, 1.82) is 0 Å². The lowest BCUT2D eigenvalue weighted by atomic mass is 9.98. The molecule has 1 aromatic carbocycles. The van der Waals surface area contributed by atoms with Crippen LogP contribution in [0, 0.1) is 0 Å². The Kier molecular flexibility index (Phi) is 1.63. The predicted octanol–water partition coefficient (Wildman–Crippen LogP) is 3.34. The first-order valence-corrected chi connectivity index (χ1v) is 4.43. The van der Waals surface area contributed by atoms with E-state index < -0.39 is 0 Å². The normalized spacial score (nSPS) is 20.2. The molecule has 58 valence electrons. The van der Waals surface area contributed by atoms with Crippen LogP contribution >= 0.6 is 0 Å². The molecule has 2 rings (SSSR count). The van der Waals surface area contributed by atoms with Crippen LogP contribution in [0.5, 0.6) is 0 Å². The molecule has 0 nitrogen and oxygen atoms in total. The van der Waals surface area contributed by atoms with Gasteiger partial charge in [-0.2, -0.15) is 0 Å². The van der Waals surface area contributed by atoms with E-state index in [1.165, 1.54) is 31.2 Å². The fourth-order valence-corrected chi connectivity index (χ4v) is 1.93. The summed E-state index contributed by atoms with van der Waals surface area (Å²) >= 11 is 0. The topological polar surface area (TPSA) is 0 Å². The van der Waals surface area contributed by atoms with Crippen LogP contribution in [0.15, 0.2) is 30.3 Å². The summed E-state index contributed by atoms with van der Waals surface area (Å²) in [5.74, 6) is 0.783. The molecule has 0 saturated heterocycles. The molecule has 0 atom stereocenters. The Morgan fingerprint density at radius 1 is 1.18 bits per heavy atom. The van der Waals surface area contributed by atoms with Crippen molar-refractivity contribution < 1.29 is 1.37 Å². The molecule has 0 aliphatic heterocycles. The van der Waals surface area contributed by atoms with Crippen LogP contribution in [0.4, 0.5) is 0 Å². The first-order valence-electron chi connectivity index (χ1n) is 4.93. The molecule has 0 aromatic heterocycles. The predicted molar refractivity (Wildman–Crippen MR) is 47.7 cm³/mol. The summed E-state index contributed by atoms with van der Waals surface area (Å²) < 4.78 is 7.36. The third kappa shape index (κ3) is 1.45. The summed E-state index contributed by atoms with van der Waals surface area (Å²) in [5.41, 5.74) is 1.43. The van der Waals surface area contributed by atoms with Gasteiger partial charge in [0.15, 0.2) is 0 Å². The standard InChI is InChI=1S/C11H14/c1-2-6-10(7-3-1)11-8-4-5-9-11/h1-3,6-7,11H,4-5,8-9H2/i1T. The maximum atomic E-state index is 7.36. The molecule has 0 spiro atoms. The maximum Gasteiger partial charge on any atom is 0.0623 e. The molecule has 1 aliphatic carbocycles. The van der Waals surface area contributed by atoms with E-state index in [0.29, 0.717) is 6.04 Å². The van der Waals surface area contributed by atoms with Gasteiger partial charge in [-0.3, -0.25) is 0 Å². The van der Waals surface area contributed by atoms with Crippen LogP contribution in [-0.4, -0.2) is 0 Å². The highest BCUT2D eigenvalue weighted by atomic mass is 14.2. The van der Waals surface area contributed by atoms with Gasteiger partial charge in [0.2, 0.25) is 0 Å². The second-order valence-corrected chi connectivity index (χ2v) is 3.31. The van der Waals surface area contributed by atoms with E-state index in [2.05, 4.69) is 12.1 Å². The van der Waals surface area contributed by atoms with Crippen molar-refractivity contribution in [3.63, 3.8) is 0 Å². The summed E-state index contributed by atoms with van der Waals surface area (Å²) in [6.07, 6.45) is 5.45. The Balaban J connectivity index is 2.17. The van der Waals surface area contributed by atoms with Crippen LogP contribution < -0.4 is 0 Å². The average Bonchev–Trinajstić information content (AvgIpc) is 2.58. The second-order valence-electron chi connectivity index (χ2n) is 3.31. The molecule has 1 saturated carbocycles. The molecule has 0 heteroatoms. The number of rotatable bonds is 1. The molecule has 0 N–H and O–H groups in total. The quantitative estimate of drug-likeness (QED) is 0.573. The van der Waals surface area contributed by atoms with E-state index >= 15 is 0 Å². The molecular weight excluding hydrogens is 132 g/mol. The molecule has 0 amide bonds. The molecule has 0 heterocycles. The lowest BCUT2D eigenvalue weighted by Crippen LogP contribution is -1.89. The van der Waals surface area contributed by atoms with E-state index in [1.54, 1.807) is 0 Å². The van der Waals surface area contributed by atoms with Crippen molar-refractivity contribution in [2.24, 2.45) is 0 Å². The van der Waals surface area contributed by atoms with Gasteiger partial charge in [-0.05, 0) is 24.3 Å². The molecule has 1 aliphatic rings. The minimum Gasteiger partial charge on any atom is -0.0622 e. The van der Waals surface area contributed by atoms with E-state index in [1.807, 2.05) is 12.1 Å². The summed E-state index contributed by atoms with van der Waals surface area (Å²) in [6, 6.07) is 8.63. The monoisotopic (exact) mass is 148 g/mol. The third-order valence-electron chi connectivity index (χ3n) is 2.57. The van der Waals surface area contributed by atoms with Crippen LogP contribution in [0.1, 0.15) is 38.5 Å². The van der Waals surface area contributed by atoms with Gasteiger partial charge < -0.3 is 0 Å². The first kappa shape index (κ1) is 5.82. The van der Waals surface area contributed by atoms with Crippen molar-refractivity contribution >= 4 is 0 Å². The lowest BCUT2D eigenvalue weighted by Gasteiger charge is -2.07. The molecule has 1 fully saturated rings. The fraction of sp³-hybridized carbons (Fsp3) is 0.455. The molecule has 0 radical (unpaired) electrons. The maximum absolute atomic E-state index is 7.36. The zero-order valence-corrected chi connectivity index (χ0v) is 6.72. The van der Waals surface area contributed by atoms with E-state index in [0.717, 1.165) is 5.92 Å². The van der Waals surface area contributed by atoms with Crippen molar-refractivity contribution in [3.05, 3.63) is 35.9 Å². The highest BCUT2D eigenvalue weighted by Crippen LogP contribution is 2.33. The molecular formula is C11H14. The van der Waals surface area contributed by atoms with Gasteiger partial charge in [-0.15, -0.1) is 0 Å². The zero-order chi connectivity index (χ0) is 8.39. The van der Waals surface area contributed by atoms with Gasteiger partial charge in [0.1, 0.15) is 0 Å². The van der Waals surface area contributed by atoms with Crippen LogP contribution in [0.2, 0.25) is 0 Å². The number of benzene rings is 1. The Morgan fingerprint density at radius 2 is 1.82 bits per heavy atom. The SMILES string of the molecule is [3H]c1ccc(C2CCCC2)cc1. The van der Waals surface area contributed by atoms with Crippen LogP contribution in [0.25, 0.3) is 0 Å². The van der Waals surface area contributed by atoms with Gasteiger partial charge >= 0.3 is 0 Å². The average molecular weight is 148 g/mol. The largest absolute Gasteiger partial charge is 0.0623 e. The van der Waals surface area contributed by atoms with E-state index in [-0.39, 0.29) is 0 Å². The second kappa shape index (κ2) is 3.08. The first-order chi connectivity index (χ1) is 5.86. The van der Waals surface area contributed by atoms with Crippen molar-refractivity contribution in [3.8, 4) is 0 Å². The minimum absolute atomic E-state index is 0.622. The Bertz CT molecular complexity index is 244. The summed E-state index contributed by atoms with van der Waals surface area (Å²) in [7, 11) is 0. The van der Waals surface area contributed by atoms with Crippen molar-refractivity contribution in [2.75, 3.05) is 0 Å². The van der Waals surface area contributed by atoms with Gasteiger partial charge in [0.25, 0.3) is 0 Å². The summed E-state index contributed by atoms with van der Waals surface area (Å²) in [5, 5.41) is 0. The van der Waals surface area contributed by atoms with Gasteiger partial charge in [-0.1, -0.05) is 43.1 Å². The smallest absolute Gasteiger partial charge is 0.0622 e. The molecule has 1 aromatic rings. The third-order valence-corrected chi connectivity index (χ3v) is 2.57. The van der Waals surface area contributed by atoms with Crippen LogP contribution in [-0.2, 0) is 0 Å². The van der Waals surface area contributed by atoms with Gasteiger partial charge in [0, 0.05) is 0 Å². The highest BCUT2D eigenvalue weighted by Gasteiger charge is 2.15. The Morgan fingerprint density at radius 3 is 2.45 bits per heavy atom. The van der Waals surface area contributed by atoms with Crippen molar-refractivity contribution in [2.45, 2.75) is 31.6 Å². The molecule has 11 heavy (non-hydrogen) atoms. The lowest BCUT2D eigenvalue weighted by molar-refractivity contribution is 0.723. The van der Waals surface area contributed by atoms with Crippen molar-refractivity contribution in [1.82, 2.24) is 0 Å². The Hall–Kier alpha value is -0.780. The molecule has 0 unspecified atom stereocenters. The number of hydrogen-bond acceptors (Lipinski definition) is 0. The summed E-state index contributed by atoms with van der Waals surface area (Å²) in [4.78, 5) is 0. The Labute approximate surface area is 69.7 Å². The zero-order valence-electron chi connectivity index (χ0n) is 7.72. The van der Waals surface area contributed by atoms with Gasteiger partial charge in [-0.25, -0.2) is 0 Å². The summed E-state index contributed by atoms with van der Waals surface area (Å²) in [6.45, 7) is 0. The highest BCUT2D eigenvalue weighted by molar-refractivity contribution is 5.19. The molecule has 0 bridgehead atoms. The fourth-order valence-electron chi connectivity index (χ4n) is 1.93. The van der Waals surface area contributed by atoms with Crippen LogP contribution in [0.3, 0.4) is 0 Å². The minimum atomic E-state index is 0.622. The van der Waals surface area contributed by atoms with Gasteiger partial charge in [0.05, 0.1) is 1.37 Å². The number of hydrogen-bond donors (Lipinski definition) is 0. The van der Waals surface area contributed by atoms with E-state index in [9.17, 15) is 0 Å². The van der Waals surface area contributed by atoms with E-state index in [4.69, 9.17) is 1.37 Å².